The highest BCUT2D eigenvalue weighted by Crippen LogP contribution is 2.37. The van der Waals surface area contributed by atoms with Gasteiger partial charge in [-0.2, -0.15) is 13.2 Å². The van der Waals surface area contributed by atoms with Crippen LogP contribution in [0.25, 0.3) is 0 Å². The minimum absolute atomic E-state index is 0.106. The van der Waals surface area contributed by atoms with Crippen molar-refractivity contribution in [1.82, 2.24) is 4.90 Å². The van der Waals surface area contributed by atoms with Crippen molar-refractivity contribution < 1.29 is 23.0 Å². The van der Waals surface area contributed by atoms with Gasteiger partial charge in [-0.05, 0) is 18.8 Å². The van der Waals surface area contributed by atoms with Crippen molar-refractivity contribution in [3.63, 3.8) is 0 Å². The van der Waals surface area contributed by atoms with Crippen LogP contribution in [0.5, 0.6) is 0 Å². The molecule has 0 aromatic carbocycles. The number of rotatable bonds is 4. The fourth-order valence-corrected chi connectivity index (χ4v) is 2.89. The zero-order valence-corrected chi connectivity index (χ0v) is 9.62. The molecule has 3 unspecified atom stereocenters. The van der Waals surface area contributed by atoms with Gasteiger partial charge >= 0.3 is 6.18 Å². The van der Waals surface area contributed by atoms with E-state index < -0.39 is 12.8 Å². The third-order valence-corrected chi connectivity index (χ3v) is 3.71. The zero-order valence-electron chi connectivity index (χ0n) is 9.62. The van der Waals surface area contributed by atoms with E-state index >= 15 is 0 Å². The fourth-order valence-electron chi connectivity index (χ4n) is 2.89. The van der Waals surface area contributed by atoms with Crippen LogP contribution in [0.4, 0.5) is 13.2 Å². The molecular weight excluding hydrogens is 235 g/mol. The molecular formula is C11H18F3NO2. The van der Waals surface area contributed by atoms with Crippen LogP contribution in [-0.2, 0) is 4.74 Å². The van der Waals surface area contributed by atoms with Crippen LogP contribution in [0, 0.1) is 11.8 Å². The largest absolute Gasteiger partial charge is 0.411 e. The van der Waals surface area contributed by atoms with Crippen LogP contribution in [-0.4, -0.2) is 55.1 Å². The Morgan fingerprint density at radius 3 is 2.65 bits per heavy atom. The number of fused-ring (bicyclic) bond motifs is 1. The number of aliphatic hydroxyl groups excluding tert-OH is 1. The number of hydrogen-bond donors (Lipinski definition) is 1. The van der Waals surface area contributed by atoms with Gasteiger partial charge in [0.2, 0.25) is 0 Å². The second kappa shape index (κ2) is 5.12. The number of hydrogen-bond acceptors (Lipinski definition) is 3. The molecule has 1 saturated carbocycles. The van der Waals surface area contributed by atoms with E-state index in [-0.39, 0.29) is 12.7 Å². The lowest BCUT2D eigenvalue weighted by Crippen LogP contribution is -2.29. The summed E-state index contributed by atoms with van der Waals surface area (Å²) in [6, 6.07) is 0. The summed E-state index contributed by atoms with van der Waals surface area (Å²) in [5, 5.41) is 9.69. The monoisotopic (exact) mass is 253 g/mol. The molecule has 3 nitrogen and oxygen atoms in total. The van der Waals surface area contributed by atoms with Crippen LogP contribution in [0.2, 0.25) is 0 Å². The fraction of sp³-hybridized carbons (Fsp3) is 1.00. The maximum absolute atomic E-state index is 11.8. The molecule has 0 amide bonds. The highest BCUT2D eigenvalue weighted by molar-refractivity contribution is 4.93. The summed E-state index contributed by atoms with van der Waals surface area (Å²) in [4.78, 5) is 2.09. The first kappa shape index (κ1) is 13.1. The Hall–Kier alpha value is -0.330. The van der Waals surface area contributed by atoms with Crippen molar-refractivity contribution in [2.75, 3.05) is 32.8 Å². The highest BCUT2D eigenvalue weighted by Gasteiger charge is 2.41. The first-order valence-electron chi connectivity index (χ1n) is 6.00. The molecule has 100 valence electrons. The lowest BCUT2D eigenvalue weighted by Gasteiger charge is -2.18. The summed E-state index contributed by atoms with van der Waals surface area (Å²) in [6.45, 7) is 1.14. The minimum Gasteiger partial charge on any atom is -0.393 e. The van der Waals surface area contributed by atoms with Gasteiger partial charge in [-0.1, -0.05) is 0 Å². The van der Waals surface area contributed by atoms with E-state index in [4.69, 9.17) is 0 Å². The third-order valence-electron chi connectivity index (χ3n) is 3.71. The summed E-state index contributed by atoms with van der Waals surface area (Å²) in [6.07, 6.45) is -2.56. The van der Waals surface area contributed by atoms with Gasteiger partial charge in [0.25, 0.3) is 0 Å². The molecule has 2 aliphatic rings. The van der Waals surface area contributed by atoms with Crippen LogP contribution in [0.15, 0.2) is 0 Å². The molecule has 2 rings (SSSR count). The van der Waals surface area contributed by atoms with Crippen molar-refractivity contribution in [3.8, 4) is 0 Å². The molecule has 1 saturated heterocycles. The van der Waals surface area contributed by atoms with Gasteiger partial charge in [-0.25, -0.2) is 0 Å². The van der Waals surface area contributed by atoms with E-state index in [0.29, 0.717) is 18.4 Å². The van der Waals surface area contributed by atoms with E-state index in [1.54, 1.807) is 0 Å². The van der Waals surface area contributed by atoms with Gasteiger partial charge in [0.05, 0.1) is 12.7 Å². The molecule has 0 aromatic rings. The van der Waals surface area contributed by atoms with Gasteiger partial charge in [-0.3, -0.25) is 0 Å². The van der Waals surface area contributed by atoms with Crippen molar-refractivity contribution in [3.05, 3.63) is 0 Å². The molecule has 0 bridgehead atoms. The Bertz CT molecular complexity index is 260. The van der Waals surface area contributed by atoms with Crippen LogP contribution < -0.4 is 0 Å². The predicted octanol–water partition coefficient (Wildman–Crippen LogP) is 1.27. The maximum Gasteiger partial charge on any atom is 0.411 e. The lowest BCUT2D eigenvalue weighted by molar-refractivity contribution is -0.174. The van der Waals surface area contributed by atoms with Gasteiger partial charge < -0.3 is 14.7 Å². The zero-order chi connectivity index (χ0) is 12.5. The summed E-state index contributed by atoms with van der Waals surface area (Å²) >= 11 is 0. The highest BCUT2D eigenvalue weighted by atomic mass is 19.4. The van der Waals surface area contributed by atoms with Crippen LogP contribution >= 0.6 is 0 Å². The van der Waals surface area contributed by atoms with E-state index in [9.17, 15) is 18.3 Å². The minimum atomic E-state index is -4.24. The summed E-state index contributed by atoms with van der Waals surface area (Å²) < 4.78 is 40.1. The molecule has 0 radical (unpaired) electrons. The predicted molar refractivity (Wildman–Crippen MR) is 55.5 cm³/mol. The Balaban J connectivity index is 1.62. The van der Waals surface area contributed by atoms with E-state index in [2.05, 4.69) is 9.64 Å². The van der Waals surface area contributed by atoms with Gasteiger partial charge in [0.15, 0.2) is 0 Å². The number of ether oxygens (including phenoxy) is 1. The van der Waals surface area contributed by atoms with E-state index in [1.165, 1.54) is 0 Å². The molecule has 0 aromatic heterocycles. The first-order valence-corrected chi connectivity index (χ1v) is 6.00. The number of alkyl halides is 3. The van der Waals surface area contributed by atoms with Crippen molar-refractivity contribution in [2.45, 2.75) is 25.1 Å². The first-order chi connectivity index (χ1) is 7.96. The summed E-state index contributed by atoms with van der Waals surface area (Å²) in [5.74, 6) is 0.838. The molecule has 6 heteroatoms. The van der Waals surface area contributed by atoms with Gasteiger partial charge in [0.1, 0.15) is 6.61 Å². The average molecular weight is 253 g/mol. The number of halogens is 3. The topological polar surface area (TPSA) is 32.7 Å². The normalized spacial score (nSPS) is 34.2. The molecule has 1 aliphatic carbocycles. The SMILES string of the molecule is OC1CCC2CN(CCOCC(F)(F)F)CC12. The second-order valence-electron chi connectivity index (χ2n) is 5.00. The number of aliphatic hydroxyl groups is 1. The standard InChI is InChI=1S/C11H18F3NO2/c12-11(13,14)7-17-4-3-15-5-8-1-2-10(16)9(8)6-15/h8-10,16H,1-7H2. The maximum atomic E-state index is 11.8. The van der Waals surface area contributed by atoms with E-state index in [0.717, 1.165) is 25.9 Å². The number of nitrogens with zero attached hydrogens (tertiary/aromatic N) is 1. The second-order valence-corrected chi connectivity index (χ2v) is 5.00. The van der Waals surface area contributed by atoms with Crippen molar-refractivity contribution in [1.29, 1.82) is 0 Å². The molecule has 1 N–H and O–H groups in total. The smallest absolute Gasteiger partial charge is 0.393 e. The Kier molecular flexibility index (Phi) is 3.95. The van der Waals surface area contributed by atoms with Crippen molar-refractivity contribution in [2.24, 2.45) is 11.8 Å². The van der Waals surface area contributed by atoms with Crippen LogP contribution in [0.3, 0.4) is 0 Å². The van der Waals surface area contributed by atoms with Crippen molar-refractivity contribution >= 4 is 0 Å². The molecule has 2 fully saturated rings. The van der Waals surface area contributed by atoms with E-state index in [1.807, 2.05) is 0 Å². The van der Waals surface area contributed by atoms with Crippen LogP contribution in [0.1, 0.15) is 12.8 Å². The molecule has 1 aliphatic heterocycles. The summed E-state index contributed by atoms with van der Waals surface area (Å²) in [7, 11) is 0. The molecule has 1 heterocycles. The lowest BCUT2D eigenvalue weighted by atomic mass is 10.00. The number of likely N-dealkylation sites (tertiary alicyclic amines) is 1. The quantitative estimate of drug-likeness (QED) is 0.766. The third kappa shape index (κ3) is 3.56. The average Bonchev–Trinajstić information content (AvgIpc) is 2.75. The Labute approximate surface area is 98.5 Å². The summed E-state index contributed by atoms with van der Waals surface area (Å²) in [5.41, 5.74) is 0. The molecule has 17 heavy (non-hydrogen) atoms. The Morgan fingerprint density at radius 2 is 2.00 bits per heavy atom. The van der Waals surface area contributed by atoms with Gasteiger partial charge in [0, 0.05) is 25.6 Å². The molecule has 3 atom stereocenters. The van der Waals surface area contributed by atoms with Gasteiger partial charge in [-0.15, -0.1) is 0 Å². The molecule has 0 spiro atoms. The Morgan fingerprint density at radius 1 is 1.24 bits per heavy atom.